The van der Waals surface area contributed by atoms with Crippen LogP contribution in [0.25, 0.3) is 0 Å². The van der Waals surface area contributed by atoms with Crippen LogP contribution in [0.4, 0.5) is 13.2 Å². The number of hydrogen-bond donors (Lipinski definition) is 1. The molecule has 16 heavy (non-hydrogen) atoms. The van der Waals surface area contributed by atoms with Crippen molar-refractivity contribution in [2.45, 2.75) is 12.8 Å². The Morgan fingerprint density at radius 1 is 1.25 bits per heavy atom. The van der Waals surface area contributed by atoms with Gasteiger partial charge in [-0.05, 0) is 5.56 Å². The number of aliphatic hydroxyl groups excluding tert-OH is 1. The van der Waals surface area contributed by atoms with Crippen LogP contribution in [0.1, 0.15) is 5.56 Å². The lowest BCUT2D eigenvalue weighted by molar-refractivity contribution is -0.245. The number of nitrogens with zero attached hydrogens (tertiary/aromatic N) is 1. The highest BCUT2D eigenvalue weighted by Crippen LogP contribution is 2.23. The second-order valence-electron chi connectivity index (χ2n) is 3.09. The summed E-state index contributed by atoms with van der Waals surface area (Å²) in [5, 5.41) is 8.46. The van der Waals surface area contributed by atoms with Gasteiger partial charge in [0.15, 0.2) is 0 Å². The average molecular weight is 233 g/mol. The Bertz CT molecular complexity index is 351. The molecule has 0 spiro atoms. The van der Waals surface area contributed by atoms with Crippen molar-refractivity contribution in [3.05, 3.63) is 35.9 Å². The van der Waals surface area contributed by atoms with Crippen LogP contribution in [-0.2, 0) is 11.3 Å². The lowest BCUT2D eigenvalue weighted by Gasteiger charge is -2.24. The minimum absolute atomic E-state index is 0.317. The zero-order valence-electron chi connectivity index (χ0n) is 8.24. The van der Waals surface area contributed by atoms with E-state index in [0.29, 0.717) is 5.56 Å². The summed E-state index contributed by atoms with van der Waals surface area (Å²) in [6, 6.07) is 7.77. The molecule has 6 heteroatoms. The minimum Gasteiger partial charge on any atom is -0.387 e. The monoisotopic (exact) mass is 233 g/mol. The van der Waals surface area contributed by atoms with Gasteiger partial charge in [0.05, 0.1) is 6.54 Å². The van der Waals surface area contributed by atoms with Crippen LogP contribution in [0.5, 0.6) is 0 Å². The molecular weight excluding hydrogens is 223 g/mol. The van der Waals surface area contributed by atoms with Gasteiger partial charge in [-0.2, -0.15) is 0 Å². The van der Waals surface area contributed by atoms with Crippen molar-refractivity contribution >= 4 is 5.91 Å². The first kappa shape index (κ1) is 12.5. The summed E-state index contributed by atoms with van der Waals surface area (Å²) in [7, 11) is 0. The molecule has 0 saturated carbocycles. The molecule has 1 aromatic rings. The van der Waals surface area contributed by atoms with E-state index in [4.69, 9.17) is 5.11 Å². The fourth-order valence-electron chi connectivity index (χ4n) is 1.17. The molecule has 1 aromatic carbocycles. The fraction of sp³-hybridized carbons (Fsp3) is 0.300. The Kier molecular flexibility index (Phi) is 3.89. The Labute approximate surface area is 90.1 Å². The van der Waals surface area contributed by atoms with E-state index in [1.54, 1.807) is 18.2 Å². The van der Waals surface area contributed by atoms with Gasteiger partial charge >= 0.3 is 6.30 Å². The van der Waals surface area contributed by atoms with Crippen LogP contribution in [0.2, 0.25) is 0 Å². The molecule has 0 atom stereocenters. The number of carbonyl (C=O) groups is 1. The van der Waals surface area contributed by atoms with Crippen molar-refractivity contribution in [3.63, 3.8) is 0 Å². The molecule has 0 aliphatic heterocycles. The van der Waals surface area contributed by atoms with Crippen LogP contribution < -0.4 is 0 Å². The lowest BCUT2D eigenvalue weighted by atomic mass is 10.2. The third-order valence-electron chi connectivity index (χ3n) is 1.93. The third-order valence-corrected chi connectivity index (χ3v) is 1.93. The highest BCUT2D eigenvalue weighted by atomic mass is 19.4. The lowest BCUT2D eigenvalue weighted by Crippen LogP contribution is -2.43. The fourth-order valence-corrected chi connectivity index (χ4v) is 1.17. The maximum absolute atomic E-state index is 12.4. The van der Waals surface area contributed by atoms with Gasteiger partial charge in [-0.15, -0.1) is 13.2 Å². The third kappa shape index (κ3) is 3.23. The van der Waals surface area contributed by atoms with Crippen molar-refractivity contribution in [2.75, 3.05) is 6.61 Å². The van der Waals surface area contributed by atoms with Crippen LogP contribution in [0, 0.1) is 0 Å². The summed E-state index contributed by atoms with van der Waals surface area (Å²) in [5.74, 6) is -1.36. The number of amides is 1. The van der Waals surface area contributed by atoms with Gasteiger partial charge in [0.1, 0.15) is 6.61 Å². The zero-order chi connectivity index (χ0) is 12.2. The van der Waals surface area contributed by atoms with Crippen molar-refractivity contribution in [1.29, 1.82) is 0 Å². The molecule has 3 nitrogen and oxygen atoms in total. The minimum atomic E-state index is -4.78. The predicted molar refractivity (Wildman–Crippen MR) is 50.1 cm³/mol. The van der Waals surface area contributed by atoms with Crippen LogP contribution >= 0.6 is 0 Å². The summed E-state index contributed by atoms with van der Waals surface area (Å²) >= 11 is 0. The van der Waals surface area contributed by atoms with E-state index in [2.05, 4.69) is 0 Å². The molecule has 0 heterocycles. The summed E-state index contributed by atoms with van der Waals surface area (Å²) in [4.78, 5) is 10.6. The van der Waals surface area contributed by atoms with Crippen LogP contribution in [0.15, 0.2) is 30.3 Å². The average Bonchev–Trinajstić information content (AvgIpc) is 2.25. The van der Waals surface area contributed by atoms with Gasteiger partial charge < -0.3 is 5.11 Å². The smallest absolute Gasteiger partial charge is 0.387 e. The Morgan fingerprint density at radius 3 is 2.25 bits per heavy atom. The van der Waals surface area contributed by atoms with E-state index in [-0.39, 0.29) is 4.90 Å². The standard InChI is InChI=1S/C10H10F3NO2/c11-10(12,13)14(9(16)7-15)6-8-4-2-1-3-5-8/h1-5,15H,6-7H2. The molecule has 0 saturated heterocycles. The number of benzene rings is 1. The van der Waals surface area contributed by atoms with E-state index >= 15 is 0 Å². The molecule has 88 valence electrons. The zero-order valence-corrected chi connectivity index (χ0v) is 8.24. The molecule has 1 rings (SSSR count). The first-order valence-corrected chi connectivity index (χ1v) is 4.47. The molecule has 0 bridgehead atoms. The molecular formula is C10H10F3NO2. The number of hydrogen-bond acceptors (Lipinski definition) is 2. The maximum Gasteiger partial charge on any atom is 0.487 e. The molecule has 1 N–H and O–H groups in total. The molecule has 1 amide bonds. The molecule has 0 fully saturated rings. The largest absolute Gasteiger partial charge is 0.487 e. The highest BCUT2D eigenvalue weighted by Gasteiger charge is 2.40. The van der Waals surface area contributed by atoms with Gasteiger partial charge in [0.25, 0.3) is 5.91 Å². The van der Waals surface area contributed by atoms with E-state index in [9.17, 15) is 18.0 Å². The molecule has 0 aliphatic carbocycles. The van der Waals surface area contributed by atoms with Crippen molar-refractivity contribution in [2.24, 2.45) is 0 Å². The molecule has 0 unspecified atom stereocenters. The second kappa shape index (κ2) is 4.98. The second-order valence-corrected chi connectivity index (χ2v) is 3.09. The van der Waals surface area contributed by atoms with E-state index in [0.717, 1.165) is 0 Å². The topological polar surface area (TPSA) is 40.5 Å². The van der Waals surface area contributed by atoms with Crippen molar-refractivity contribution in [3.8, 4) is 0 Å². The molecule has 0 radical (unpaired) electrons. The van der Waals surface area contributed by atoms with Gasteiger partial charge in [-0.25, -0.2) is 4.90 Å². The summed E-state index contributed by atoms with van der Waals surface area (Å²) in [6.45, 7) is -1.75. The number of halogens is 3. The number of carbonyl (C=O) groups excluding carboxylic acids is 1. The van der Waals surface area contributed by atoms with E-state index in [1.807, 2.05) is 0 Å². The van der Waals surface area contributed by atoms with E-state index in [1.165, 1.54) is 12.1 Å². The van der Waals surface area contributed by atoms with E-state index < -0.39 is 25.4 Å². The normalized spacial score (nSPS) is 11.2. The Balaban J connectivity index is 2.84. The number of rotatable bonds is 3. The summed E-state index contributed by atoms with van der Waals surface area (Å²) in [6.07, 6.45) is -4.78. The first-order chi connectivity index (χ1) is 7.45. The highest BCUT2D eigenvalue weighted by molar-refractivity contribution is 5.77. The summed E-state index contributed by atoms with van der Waals surface area (Å²) in [5.41, 5.74) is 0.349. The van der Waals surface area contributed by atoms with Gasteiger partial charge in [-0.1, -0.05) is 30.3 Å². The number of aliphatic hydroxyl groups is 1. The quantitative estimate of drug-likeness (QED) is 0.804. The Hall–Kier alpha value is -1.56. The van der Waals surface area contributed by atoms with Crippen molar-refractivity contribution < 1.29 is 23.1 Å². The van der Waals surface area contributed by atoms with Crippen LogP contribution in [0.3, 0.4) is 0 Å². The SMILES string of the molecule is O=C(CO)N(Cc1ccccc1)C(F)(F)F. The maximum atomic E-state index is 12.4. The number of alkyl halides is 3. The Morgan fingerprint density at radius 2 is 1.81 bits per heavy atom. The van der Waals surface area contributed by atoms with Crippen molar-refractivity contribution in [1.82, 2.24) is 4.90 Å². The van der Waals surface area contributed by atoms with Gasteiger partial charge in [0.2, 0.25) is 0 Å². The first-order valence-electron chi connectivity index (χ1n) is 4.47. The van der Waals surface area contributed by atoms with Gasteiger partial charge in [-0.3, -0.25) is 4.79 Å². The molecule has 0 aromatic heterocycles. The van der Waals surface area contributed by atoms with Crippen LogP contribution in [-0.4, -0.2) is 28.8 Å². The predicted octanol–water partition coefficient (Wildman–Crippen LogP) is 1.53. The summed E-state index contributed by atoms with van der Waals surface area (Å²) < 4.78 is 37.3. The molecule has 0 aliphatic rings. The van der Waals surface area contributed by atoms with Gasteiger partial charge in [0, 0.05) is 0 Å².